The third-order valence-electron chi connectivity index (χ3n) is 4.38. The first-order chi connectivity index (χ1) is 14.1. The summed E-state index contributed by atoms with van der Waals surface area (Å²) in [5, 5.41) is 17.6. The molecule has 1 amide bonds. The number of nitro groups is 1. The first-order valence-corrected chi connectivity index (χ1v) is 10.2. The minimum absolute atomic E-state index is 0.0492. The number of amides is 1. The van der Waals surface area contributed by atoms with Crippen molar-refractivity contribution in [3.63, 3.8) is 0 Å². The predicted octanol–water partition coefficient (Wildman–Crippen LogP) is 2.59. The summed E-state index contributed by atoms with van der Waals surface area (Å²) in [6.07, 6.45) is 1.55. The number of carbonyl (C=O) groups is 1. The van der Waals surface area contributed by atoms with Gasteiger partial charge in [0.2, 0.25) is 10.0 Å². The highest BCUT2D eigenvalue weighted by molar-refractivity contribution is 7.89. The first kappa shape index (κ1) is 21.1. The van der Waals surface area contributed by atoms with Gasteiger partial charge >= 0.3 is 0 Å². The summed E-state index contributed by atoms with van der Waals surface area (Å²) in [4.78, 5) is 22.9. The largest absolute Gasteiger partial charge is 0.320 e. The molecule has 0 bridgehead atoms. The fraction of sp³-hybridized carbons (Fsp3) is 0.158. The topological polar surface area (TPSA) is 127 Å². The normalized spacial score (nSPS) is 11.5. The molecule has 0 unspecified atom stereocenters. The van der Waals surface area contributed by atoms with Gasteiger partial charge in [0.25, 0.3) is 11.6 Å². The number of anilines is 1. The van der Waals surface area contributed by atoms with Crippen molar-refractivity contribution in [2.24, 2.45) is 0 Å². The van der Waals surface area contributed by atoms with Gasteiger partial charge in [-0.3, -0.25) is 14.9 Å². The second kappa shape index (κ2) is 8.05. The van der Waals surface area contributed by atoms with Gasteiger partial charge in [-0.15, -0.1) is 0 Å². The van der Waals surface area contributed by atoms with Crippen LogP contribution in [0.4, 0.5) is 11.4 Å². The number of benzene rings is 2. The van der Waals surface area contributed by atoms with Crippen LogP contribution in [0.15, 0.2) is 59.6 Å². The molecule has 0 aliphatic rings. The van der Waals surface area contributed by atoms with Gasteiger partial charge in [-0.1, -0.05) is 6.07 Å². The maximum atomic E-state index is 12.6. The van der Waals surface area contributed by atoms with Crippen molar-refractivity contribution in [1.82, 2.24) is 14.1 Å². The maximum absolute atomic E-state index is 12.6. The number of nitro benzene ring substituents is 1. The minimum Gasteiger partial charge on any atom is -0.320 e. The molecule has 30 heavy (non-hydrogen) atoms. The van der Waals surface area contributed by atoms with Crippen LogP contribution >= 0.6 is 0 Å². The van der Waals surface area contributed by atoms with Crippen molar-refractivity contribution in [3.05, 3.63) is 76.1 Å². The molecule has 1 aromatic heterocycles. The van der Waals surface area contributed by atoms with Crippen LogP contribution in [0.5, 0.6) is 0 Å². The van der Waals surface area contributed by atoms with Gasteiger partial charge in [0.15, 0.2) is 5.69 Å². The van der Waals surface area contributed by atoms with Crippen LogP contribution in [0, 0.1) is 17.0 Å². The standard InChI is InChI=1S/C19H19N5O5S/c1-13-4-9-16(30(28,29)22(2)3)12-18(13)20-19(25)17-10-11-23(21-17)14-5-7-15(8-6-14)24(26)27/h4-12H,1-3H3,(H,20,25). The highest BCUT2D eigenvalue weighted by Crippen LogP contribution is 2.22. The molecule has 0 fully saturated rings. The van der Waals surface area contributed by atoms with Crippen LogP contribution < -0.4 is 5.32 Å². The van der Waals surface area contributed by atoms with Gasteiger partial charge in [0.05, 0.1) is 15.5 Å². The molecule has 2 aromatic carbocycles. The Morgan fingerprint density at radius 1 is 1.13 bits per heavy atom. The molecule has 0 radical (unpaired) electrons. The number of non-ortho nitro benzene ring substituents is 1. The molecule has 1 N–H and O–H groups in total. The van der Waals surface area contributed by atoms with E-state index in [4.69, 9.17) is 0 Å². The molecule has 156 valence electrons. The van der Waals surface area contributed by atoms with Crippen molar-refractivity contribution >= 4 is 27.3 Å². The summed E-state index contributed by atoms with van der Waals surface area (Å²) >= 11 is 0. The van der Waals surface area contributed by atoms with Gasteiger partial charge in [-0.2, -0.15) is 5.10 Å². The van der Waals surface area contributed by atoms with Gasteiger partial charge in [0.1, 0.15) is 0 Å². The Balaban J connectivity index is 1.83. The molecule has 0 spiro atoms. The number of sulfonamides is 1. The van der Waals surface area contributed by atoms with E-state index in [1.165, 1.54) is 61.2 Å². The van der Waals surface area contributed by atoms with Crippen LogP contribution in [0.25, 0.3) is 5.69 Å². The third-order valence-corrected chi connectivity index (χ3v) is 6.19. The molecule has 0 aliphatic carbocycles. The van der Waals surface area contributed by atoms with E-state index in [0.717, 1.165) is 4.31 Å². The summed E-state index contributed by atoms with van der Waals surface area (Å²) in [6.45, 7) is 1.75. The van der Waals surface area contributed by atoms with E-state index in [0.29, 0.717) is 16.9 Å². The van der Waals surface area contributed by atoms with E-state index in [-0.39, 0.29) is 16.3 Å². The molecule has 3 aromatic rings. The second-order valence-corrected chi connectivity index (χ2v) is 8.79. The molecule has 0 saturated carbocycles. The van der Waals surface area contributed by atoms with Crippen molar-refractivity contribution in [1.29, 1.82) is 0 Å². The summed E-state index contributed by atoms with van der Waals surface area (Å²) in [5.74, 6) is -0.516. The Morgan fingerprint density at radius 3 is 2.40 bits per heavy atom. The first-order valence-electron chi connectivity index (χ1n) is 8.74. The van der Waals surface area contributed by atoms with Crippen molar-refractivity contribution in [2.75, 3.05) is 19.4 Å². The zero-order valence-electron chi connectivity index (χ0n) is 16.4. The monoisotopic (exact) mass is 429 g/mol. The molecule has 0 saturated heterocycles. The maximum Gasteiger partial charge on any atom is 0.276 e. The number of hydrogen-bond acceptors (Lipinski definition) is 6. The number of hydrogen-bond donors (Lipinski definition) is 1. The average molecular weight is 429 g/mol. The lowest BCUT2D eigenvalue weighted by Crippen LogP contribution is -2.22. The smallest absolute Gasteiger partial charge is 0.276 e. The highest BCUT2D eigenvalue weighted by atomic mass is 32.2. The summed E-state index contributed by atoms with van der Waals surface area (Å²) in [7, 11) is -0.786. The highest BCUT2D eigenvalue weighted by Gasteiger charge is 2.19. The molecule has 0 aliphatic heterocycles. The summed E-state index contributed by atoms with van der Waals surface area (Å²) in [5.41, 5.74) is 1.65. The van der Waals surface area contributed by atoms with Crippen molar-refractivity contribution in [3.8, 4) is 5.69 Å². The Bertz CT molecular complexity index is 1220. The minimum atomic E-state index is -3.64. The predicted molar refractivity (Wildman–Crippen MR) is 110 cm³/mol. The lowest BCUT2D eigenvalue weighted by atomic mass is 10.2. The molecular formula is C19H19N5O5S. The van der Waals surface area contributed by atoms with E-state index in [9.17, 15) is 23.3 Å². The number of nitrogens with zero attached hydrogens (tertiary/aromatic N) is 4. The van der Waals surface area contributed by atoms with Gasteiger partial charge in [-0.25, -0.2) is 17.4 Å². The van der Waals surface area contributed by atoms with Crippen LogP contribution in [0.2, 0.25) is 0 Å². The van der Waals surface area contributed by atoms with E-state index in [1.54, 1.807) is 19.2 Å². The Kier molecular flexibility index (Phi) is 5.67. The van der Waals surface area contributed by atoms with E-state index >= 15 is 0 Å². The Labute approximate surface area is 172 Å². The van der Waals surface area contributed by atoms with Crippen LogP contribution in [-0.4, -0.2) is 47.4 Å². The SMILES string of the molecule is Cc1ccc(S(=O)(=O)N(C)C)cc1NC(=O)c1ccn(-c2ccc([N+](=O)[O-])cc2)n1. The molecule has 10 nitrogen and oxygen atoms in total. The molecule has 0 atom stereocenters. The van der Waals surface area contributed by atoms with Gasteiger partial charge in [-0.05, 0) is 42.8 Å². The summed E-state index contributed by atoms with van der Waals surface area (Å²) in [6, 6.07) is 11.7. The van der Waals surface area contributed by atoms with Crippen molar-refractivity contribution < 1.29 is 18.1 Å². The zero-order chi connectivity index (χ0) is 22.1. The number of rotatable bonds is 6. The fourth-order valence-electron chi connectivity index (χ4n) is 2.61. The third kappa shape index (κ3) is 4.21. The number of aromatic nitrogens is 2. The Hall–Kier alpha value is -3.57. The van der Waals surface area contributed by atoms with Gasteiger partial charge in [0, 0.05) is 38.1 Å². The van der Waals surface area contributed by atoms with Crippen LogP contribution in [-0.2, 0) is 10.0 Å². The molecule has 3 rings (SSSR count). The fourth-order valence-corrected chi connectivity index (χ4v) is 3.54. The van der Waals surface area contributed by atoms with E-state index in [2.05, 4.69) is 10.4 Å². The zero-order valence-corrected chi connectivity index (χ0v) is 17.3. The number of nitrogens with one attached hydrogen (secondary N) is 1. The molecular weight excluding hydrogens is 410 g/mol. The van der Waals surface area contributed by atoms with Crippen LogP contribution in [0.1, 0.15) is 16.1 Å². The average Bonchev–Trinajstić information content (AvgIpc) is 3.19. The Morgan fingerprint density at radius 2 is 1.80 bits per heavy atom. The lowest BCUT2D eigenvalue weighted by Gasteiger charge is -2.14. The molecule has 11 heteroatoms. The van der Waals surface area contributed by atoms with E-state index in [1.807, 2.05) is 0 Å². The van der Waals surface area contributed by atoms with E-state index < -0.39 is 20.9 Å². The lowest BCUT2D eigenvalue weighted by molar-refractivity contribution is -0.384. The van der Waals surface area contributed by atoms with Gasteiger partial charge < -0.3 is 5.32 Å². The number of carbonyl (C=O) groups excluding carboxylic acids is 1. The molecule has 1 heterocycles. The van der Waals surface area contributed by atoms with Crippen molar-refractivity contribution in [2.45, 2.75) is 11.8 Å². The van der Waals surface area contributed by atoms with Crippen LogP contribution in [0.3, 0.4) is 0 Å². The summed E-state index contributed by atoms with van der Waals surface area (Å²) < 4.78 is 27.2. The quantitative estimate of drug-likeness (QED) is 0.474. The second-order valence-electron chi connectivity index (χ2n) is 6.64. The number of aryl methyl sites for hydroxylation is 1.